The van der Waals surface area contributed by atoms with Crippen molar-refractivity contribution < 1.29 is 55.7 Å². The number of piperidine rings is 2. The highest BCUT2D eigenvalue weighted by Crippen LogP contribution is 2.27. The van der Waals surface area contributed by atoms with Crippen molar-refractivity contribution in [2.24, 2.45) is 11.8 Å². The number of benzene rings is 1. The molecule has 2 saturated heterocycles. The smallest absolute Gasteiger partial charge is 0.475 e. The minimum absolute atomic E-state index is 0.0477. The van der Waals surface area contributed by atoms with Crippen LogP contribution in [0.4, 0.5) is 32.0 Å². The fourth-order valence-corrected chi connectivity index (χ4v) is 5.58. The molecule has 2 aromatic rings. The molecule has 0 unspecified atom stereocenters. The van der Waals surface area contributed by atoms with Crippen LogP contribution in [0.5, 0.6) is 0 Å². The van der Waals surface area contributed by atoms with Gasteiger partial charge in [-0.05, 0) is 100.0 Å². The molecule has 2 fully saturated rings. The first kappa shape index (κ1) is 41.3. The van der Waals surface area contributed by atoms with E-state index in [0.717, 1.165) is 56.9 Å². The monoisotopic (exact) mass is 724 g/mol. The summed E-state index contributed by atoms with van der Waals surface area (Å²) in [6, 6.07) is 11.8. The van der Waals surface area contributed by atoms with Crippen molar-refractivity contribution in [1.29, 1.82) is 0 Å². The number of alkyl halides is 6. The Balaban J connectivity index is 0.000000500. The lowest BCUT2D eigenvalue weighted by Crippen LogP contribution is -2.45. The second-order valence-corrected chi connectivity index (χ2v) is 12.0. The highest BCUT2D eigenvalue weighted by Gasteiger charge is 2.39. The number of hydrogen-bond acceptors (Lipinski definition) is 6. The van der Waals surface area contributed by atoms with Gasteiger partial charge in [-0.2, -0.15) is 26.3 Å². The predicted octanol–water partition coefficient (Wildman–Crippen LogP) is 5.94. The molecule has 2 N–H and O–H groups in total. The fourth-order valence-electron chi connectivity index (χ4n) is 5.39. The molecule has 1 aromatic carbocycles. The Morgan fingerprint density at radius 1 is 0.878 bits per heavy atom. The highest BCUT2D eigenvalue weighted by atomic mass is 35.5. The molecular weight excluding hydrogens is 686 g/mol. The molecular formula is C32H39ClF6N4O6. The van der Waals surface area contributed by atoms with E-state index in [2.05, 4.69) is 22.0 Å². The number of rotatable bonds is 8. The molecule has 0 aliphatic carbocycles. The number of halogens is 7. The summed E-state index contributed by atoms with van der Waals surface area (Å²) in [4.78, 5) is 53.4. The third kappa shape index (κ3) is 15.0. The number of anilines is 1. The number of aromatic nitrogens is 1. The van der Waals surface area contributed by atoms with Gasteiger partial charge in [-0.1, -0.05) is 17.7 Å². The number of carbonyl (C=O) groups excluding carboxylic acids is 2. The topological polar surface area (TPSA) is 131 Å². The summed E-state index contributed by atoms with van der Waals surface area (Å²) in [7, 11) is 0. The van der Waals surface area contributed by atoms with Crippen LogP contribution in [0.25, 0.3) is 0 Å². The van der Waals surface area contributed by atoms with Crippen molar-refractivity contribution in [2.75, 3.05) is 44.2 Å². The van der Waals surface area contributed by atoms with Crippen LogP contribution in [-0.4, -0.2) is 100 Å². The molecule has 0 radical (unpaired) electrons. The van der Waals surface area contributed by atoms with Gasteiger partial charge in [0.15, 0.2) is 0 Å². The van der Waals surface area contributed by atoms with E-state index in [1.165, 1.54) is 18.4 Å². The van der Waals surface area contributed by atoms with Gasteiger partial charge in [-0.25, -0.2) is 9.59 Å². The number of nitrogens with zero attached hydrogens (tertiary/aromatic N) is 4. The number of aliphatic carboxylic acids is 2. The Morgan fingerprint density at radius 2 is 1.41 bits per heavy atom. The van der Waals surface area contributed by atoms with Gasteiger partial charge in [0.1, 0.15) is 0 Å². The lowest BCUT2D eigenvalue weighted by atomic mass is 9.90. The van der Waals surface area contributed by atoms with E-state index in [1.807, 2.05) is 46.5 Å². The van der Waals surface area contributed by atoms with Crippen molar-refractivity contribution in [1.82, 2.24) is 14.8 Å². The molecule has 17 heteroatoms. The van der Waals surface area contributed by atoms with Gasteiger partial charge in [0.25, 0.3) is 0 Å². The summed E-state index contributed by atoms with van der Waals surface area (Å²) >= 11 is 6.27. The van der Waals surface area contributed by atoms with Crippen LogP contribution in [0.2, 0.25) is 5.02 Å². The molecule has 272 valence electrons. The Labute approximate surface area is 284 Å². The van der Waals surface area contributed by atoms with E-state index in [0.29, 0.717) is 24.7 Å². The van der Waals surface area contributed by atoms with E-state index >= 15 is 0 Å². The standard InChI is InChI=1S/C28H37ClN4O2.2C2HF3O2/c1-22(34)32-18-10-25(11-19-32)28(35)33(27-5-2-4-26(29)21-27)15-3-14-31-16-8-24(9-17-31)20-23-6-12-30-13-7-23;2*3-2(4,5)1(6)7/h2,4-7,12-13,21,24-25H,3,8-11,14-20H2,1H3;2*(H,6,7). The van der Waals surface area contributed by atoms with Crippen LogP contribution in [0.15, 0.2) is 48.8 Å². The highest BCUT2D eigenvalue weighted by molar-refractivity contribution is 6.30. The summed E-state index contributed by atoms with van der Waals surface area (Å²) in [6.45, 7) is 6.82. The van der Waals surface area contributed by atoms with Gasteiger partial charge in [0.2, 0.25) is 11.8 Å². The predicted molar refractivity (Wildman–Crippen MR) is 168 cm³/mol. The van der Waals surface area contributed by atoms with Gasteiger partial charge in [-0.15, -0.1) is 0 Å². The lowest BCUT2D eigenvalue weighted by Gasteiger charge is -2.35. The molecule has 4 rings (SSSR count). The maximum Gasteiger partial charge on any atom is 0.490 e. The maximum atomic E-state index is 13.5. The summed E-state index contributed by atoms with van der Waals surface area (Å²) < 4.78 is 63.5. The zero-order valence-corrected chi connectivity index (χ0v) is 27.5. The van der Waals surface area contributed by atoms with Crippen LogP contribution in [0, 0.1) is 11.8 Å². The summed E-state index contributed by atoms with van der Waals surface area (Å²) in [6.07, 6.45) is -0.466. The first-order chi connectivity index (χ1) is 22.9. The van der Waals surface area contributed by atoms with Crippen molar-refractivity contribution >= 4 is 41.0 Å². The van der Waals surface area contributed by atoms with E-state index < -0.39 is 24.3 Å². The first-order valence-electron chi connectivity index (χ1n) is 15.4. The second kappa shape index (κ2) is 19.3. The minimum atomic E-state index is -5.08. The van der Waals surface area contributed by atoms with Crippen molar-refractivity contribution in [3.05, 3.63) is 59.4 Å². The molecule has 10 nitrogen and oxygen atoms in total. The van der Waals surface area contributed by atoms with Gasteiger partial charge < -0.3 is 24.9 Å². The van der Waals surface area contributed by atoms with Gasteiger partial charge >= 0.3 is 24.3 Å². The molecule has 49 heavy (non-hydrogen) atoms. The number of hydrogen-bond donors (Lipinski definition) is 2. The molecule has 0 saturated carbocycles. The third-order valence-corrected chi connectivity index (χ3v) is 8.23. The zero-order valence-electron chi connectivity index (χ0n) is 26.7. The average molecular weight is 725 g/mol. The second-order valence-electron chi connectivity index (χ2n) is 11.6. The van der Waals surface area contributed by atoms with Crippen LogP contribution >= 0.6 is 11.6 Å². The SMILES string of the molecule is CC(=O)N1CCC(C(=O)N(CCCN2CCC(Cc3ccncc3)CC2)c2cccc(Cl)c2)CC1.O=C(O)C(F)(F)F.O=C(O)C(F)(F)F. The summed E-state index contributed by atoms with van der Waals surface area (Å²) in [5, 5.41) is 14.9. The largest absolute Gasteiger partial charge is 0.490 e. The van der Waals surface area contributed by atoms with E-state index in [1.54, 1.807) is 6.92 Å². The summed E-state index contributed by atoms with van der Waals surface area (Å²) in [5.41, 5.74) is 2.25. The van der Waals surface area contributed by atoms with E-state index in [4.69, 9.17) is 31.4 Å². The first-order valence-corrected chi connectivity index (χ1v) is 15.8. The molecule has 0 bridgehead atoms. The molecule has 2 aliphatic heterocycles. The van der Waals surface area contributed by atoms with Gasteiger partial charge in [0.05, 0.1) is 0 Å². The average Bonchev–Trinajstić information content (AvgIpc) is 3.04. The number of amides is 2. The van der Waals surface area contributed by atoms with Crippen molar-refractivity contribution in [3.8, 4) is 0 Å². The zero-order chi connectivity index (χ0) is 36.8. The van der Waals surface area contributed by atoms with Gasteiger partial charge in [-0.3, -0.25) is 14.6 Å². The normalized spacial score (nSPS) is 16.0. The molecule has 3 heterocycles. The van der Waals surface area contributed by atoms with Crippen LogP contribution < -0.4 is 4.90 Å². The summed E-state index contributed by atoms with van der Waals surface area (Å²) in [5.74, 6) is -4.58. The minimum Gasteiger partial charge on any atom is -0.475 e. The van der Waals surface area contributed by atoms with E-state index in [-0.39, 0.29) is 17.7 Å². The third-order valence-electron chi connectivity index (χ3n) is 8.00. The van der Waals surface area contributed by atoms with Crippen LogP contribution in [0.1, 0.15) is 44.6 Å². The molecule has 0 spiro atoms. The van der Waals surface area contributed by atoms with E-state index in [9.17, 15) is 35.9 Å². The molecule has 0 atom stereocenters. The Bertz CT molecular complexity index is 1340. The number of carboxylic acids is 2. The Morgan fingerprint density at radius 3 is 1.88 bits per heavy atom. The Hall–Kier alpha value is -3.92. The Kier molecular flexibility index (Phi) is 16.3. The molecule has 1 aromatic heterocycles. The number of carbonyl (C=O) groups is 4. The van der Waals surface area contributed by atoms with Gasteiger partial charge in [0, 0.05) is 55.6 Å². The van der Waals surface area contributed by atoms with Crippen molar-refractivity contribution in [2.45, 2.75) is 57.8 Å². The molecule has 2 amide bonds. The fraction of sp³-hybridized carbons (Fsp3) is 0.531. The number of likely N-dealkylation sites (tertiary alicyclic amines) is 2. The quantitative estimate of drug-likeness (QED) is 0.320. The lowest BCUT2D eigenvalue weighted by molar-refractivity contribution is -0.193. The number of carboxylic acid groups (broad SMARTS) is 2. The maximum absolute atomic E-state index is 13.5. The van der Waals surface area contributed by atoms with Crippen LogP contribution in [0.3, 0.4) is 0 Å². The number of pyridine rings is 1. The molecule has 2 aliphatic rings. The van der Waals surface area contributed by atoms with Crippen LogP contribution in [-0.2, 0) is 25.6 Å². The van der Waals surface area contributed by atoms with Crippen molar-refractivity contribution in [3.63, 3.8) is 0 Å².